The molecule has 0 bridgehead atoms. The molecule has 180 valence electrons. The van der Waals surface area contributed by atoms with Gasteiger partial charge in [0.15, 0.2) is 0 Å². The van der Waals surface area contributed by atoms with E-state index in [0.29, 0.717) is 24.6 Å². The first-order chi connectivity index (χ1) is 16.3. The smallest absolute Gasteiger partial charge is 0.353 e. The fourth-order valence-corrected chi connectivity index (χ4v) is 3.46. The molecule has 3 aromatic rings. The van der Waals surface area contributed by atoms with E-state index in [0.717, 1.165) is 11.3 Å². The fourth-order valence-electron chi connectivity index (χ4n) is 3.46. The van der Waals surface area contributed by atoms with Crippen LogP contribution < -0.4 is 25.8 Å². The van der Waals surface area contributed by atoms with Crippen LogP contribution in [0.1, 0.15) is 18.5 Å². The molecule has 0 radical (unpaired) electrons. The summed E-state index contributed by atoms with van der Waals surface area (Å²) in [6.07, 6.45) is 0. The molecule has 4 N–H and O–H groups in total. The molecule has 0 fully saturated rings. The second-order valence-corrected chi connectivity index (χ2v) is 7.57. The van der Waals surface area contributed by atoms with Gasteiger partial charge < -0.3 is 30.7 Å². The highest BCUT2D eigenvalue weighted by molar-refractivity contribution is 5.74. The van der Waals surface area contributed by atoms with E-state index in [1.54, 1.807) is 31.4 Å². The summed E-state index contributed by atoms with van der Waals surface area (Å²) in [6.45, 7) is 2.84. The van der Waals surface area contributed by atoms with Gasteiger partial charge in [0, 0.05) is 17.8 Å². The molecule has 11 heteroatoms. The van der Waals surface area contributed by atoms with E-state index < -0.39 is 10.6 Å². The summed E-state index contributed by atoms with van der Waals surface area (Å²) in [7, 11) is 5.52. The molecule has 0 saturated carbocycles. The van der Waals surface area contributed by atoms with Crippen LogP contribution in [0.3, 0.4) is 0 Å². The standard InChI is InChI=1S/C23H29N7O4/c1-5-34-16-12-10-15(11-13-16)26-22-20(30(31)32)21(24)27-23(28-22)25-14-18(29(2)3)17-8-6-7-9-19(17)33-4/h6-13,18H,5,14H2,1-4H3,(H4,24,25,26,27,28). The first kappa shape index (κ1) is 24.5. The number of aromatic nitrogens is 2. The zero-order chi connectivity index (χ0) is 24.7. The molecule has 1 aromatic heterocycles. The summed E-state index contributed by atoms with van der Waals surface area (Å²) in [5, 5.41) is 17.8. The molecule has 11 nitrogen and oxygen atoms in total. The quantitative estimate of drug-likeness (QED) is 0.281. The minimum absolute atomic E-state index is 0.0112. The number of nitrogen functional groups attached to an aromatic ring is 1. The lowest BCUT2D eigenvalue weighted by Crippen LogP contribution is -2.28. The Bertz CT molecular complexity index is 1120. The Balaban J connectivity index is 1.87. The van der Waals surface area contributed by atoms with Crippen LogP contribution in [0, 0.1) is 10.1 Å². The highest BCUT2D eigenvalue weighted by Crippen LogP contribution is 2.33. The van der Waals surface area contributed by atoms with Crippen molar-refractivity contribution in [1.29, 1.82) is 0 Å². The SMILES string of the molecule is CCOc1ccc(Nc2nc(NCC(c3ccccc3OC)N(C)C)nc(N)c2[N+](=O)[O-])cc1. The number of rotatable bonds is 11. The first-order valence-electron chi connectivity index (χ1n) is 10.7. The summed E-state index contributed by atoms with van der Waals surface area (Å²) in [4.78, 5) is 21.5. The number of para-hydroxylation sites is 1. The Morgan fingerprint density at radius 3 is 2.47 bits per heavy atom. The van der Waals surface area contributed by atoms with Crippen molar-refractivity contribution in [2.45, 2.75) is 13.0 Å². The number of benzene rings is 2. The van der Waals surface area contributed by atoms with Gasteiger partial charge in [-0.05, 0) is 51.4 Å². The van der Waals surface area contributed by atoms with Gasteiger partial charge in [0.05, 0.1) is 24.7 Å². The van der Waals surface area contributed by atoms with Gasteiger partial charge >= 0.3 is 5.69 Å². The lowest BCUT2D eigenvalue weighted by Gasteiger charge is -2.26. The molecule has 1 atom stereocenters. The van der Waals surface area contributed by atoms with Gasteiger partial charge in [0.25, 0.3) is 0 Å². The van der Waals surface area contributed by atoms with Crippen molar-refractivity contribution in [3.8, 4) is 11.5 Å². The Kier molecular flexibility index (Phi) is 8.04. The van der Waals surface area contributed by atoms with E-state index in [1.165, 1.54) is 0 Å². The van der Waals surface area contributed by atoms with Crippen molar-refractivity contribution < 1.29 is 14.4 Å². The Morgan fingerprint density at radius 1 is 1.15 bits per heavy atom. The van der Waals surface area contributed by atoms with E-state index in [1.807, 2.05) is 50.2 Å². The van der Waals surface area contributed by atoms with Gasteiger partial charge in [-0.15, -0.1) is 0 Å². The highest BCUT2D eigenvalue weighted by Gasteiger charge is 2.24. The Morgan fingerprint density at radius 2 is 1.85 bits per heavy atom. The van der Waals surface area contributed by atoms with Gasteiger partial charge in [-0.1, -0.05) is 18.2 Å². The van der Waals surface area contributed by atoms with Crippen LogP contribution in [0.4, 0.5) is 29.0 Å². The molecular weight excluding hydrogens is 438 g/mol. The monoisotopic (exact) mass is 467 g/mol. The largest absolute Gasteiger partial charge is 0.496 e. The third kappa shape index (κ3) is 5.81. The van der Waals surface area contributed by atoms with Crippen LogP contribution in [-0.2, 0) is 0 Å². The molecule has 1 unspecified atom stereocenters. The molecule has 0 aliphatic heterocycles. The zero-order valence-corrected chi connectivity index (χ0v) is 19.6. The molecule has 3 rings (SSSR count). The molecule has 0 spiro atoms. The number of nitro groups is 1. The second kappa shape index (κ2) is 11.1. The van der Waals surface area contributed by atoms with Crippen molar-refractivity contribution in [2.75, 3.05) is 50.7 Å². The summed E-state index contributed by atoms with van der Waals surface area (Å²) in [5.74, 6) is 1.36. The maximum atomic E-state index is 11.6. The number of methoxy groups -OCH3 is 1. The van der Waals surface area contributed by atoms with Crippen molar-refractivity contribution in [1.82, 2.24) is 14.9 Å². The van der Waals surface area contributed by atoms with Crippen LogP contribution in [0.5, 0.6) is 11.5 Å². The average molecular weight is 468 g/mol. The summed E-state index contributed by atoms with van der Waals surface area (Å²) in [5.41, 5.74) is 7.12. The van der Waals surface area contributed by atoms with Gasteiger partial charge in [0.1, 0.15) is 11.5 Å². The third-order valence-corrected chi connectivity index (χ3v) is 5.10. The van der Waals surface area contributed by atoms with E-state index >= 15 is 0 Å². The number of nitrogens with two attached hydrogens (primary N) is 1. The van der Waals surface area contributed by atoms with E-state index in [2.05, 4.69) is 20.6 Å². The minimum Gasteiger partial charge on any atom is -0.496 e. The summed E-state index contributed by atoms with van der Waals surface area (Å²) in [6, 6.07) is 14.6. The molecule has 0 amide bonds. The fraction of sp³-hybridized carbons (Fsp3) is 0.304. The second-order valence-electron chi connectivity index (χ2n) is 7.57. The number of hydrogen-bond donors (Lipinski definition) is 3. The summed E-state index contributed by atoms with van der Waals surface area (Å²) >= 11 is 0. The molecular formula is C23H29N7O4. The van der Waals surface area contributed by atoms with Crippen LogP contribution in [0.2, 0.25) is 0 Å². The first-order valence-corrected chi connectivity index (χ1v) is 10.7. The molecule has 0 aliphatic carbocycles. The molecule has 0 saturated heterocycles. The lowest BCUT2D eigenvalue weighted by molar-refractivity contribution is -0.383. The number of nitrogens with one attached hydrogen (secondary N) is 2. The van der Waals surface area contributed by atoms with Crippen LogP contribution in [-0.4, -0.2) is 54.1 Å². The number of hydrogen-bond acceptors (Lipinski definition) is 10. The molecule has 0 aliphatic rings. The maximum absolute atomic E-state index is 11.6. The van der Waals surface area contributed by atoms with Gasteiger partial charge in [-0.2, -0.15) is 9.97 Å². The number of nitrogens with zero attached hydrogens (tertiary/aromatic N) is 4. The molecule has 1 heterocycles. The number of anilines is 4. The normalized spacial score (nSPS) is 11.7. The van der Waals surface area contributed by atoms with Crippen molar-refractivity contribution >= 4 is 29.0 Å². The van der Waals surface area contributed by atoms with E-state index in [-0.39, 0.29) is 23.6 Å². The lowest BCUT2D eigenvalue weighted by atomic mass is 10.0. The highest BCUT2D eigenvalue weighted by atomic mass is 16.6. The minimum atomic E-state index is -0.604. The van der Waals surface area contributed by atoms with E-state index in [9.17, 15) is 10.1 Å². The maximum Gasteiger partial charge on any atom is 0.353 e. The van der Waals surface area contributed by atoms with Crippen molar-refractivity contribution in [2.24, 2.45) is 0 Å². The molecule has 2 aromatic carbocycles. The van der Waals surface area contributed by atoms with Crippen molar-refractivity contribution in [3.63, 3.8) is 0 Å². The third-order valence-electron chi connectivity index (χ3n) is 5.10. The van der Waals surface area contributed by atoms with Crippen LogP contribution in [0.25, 0.3) is 0 Å². The number of ether oxygens (including phenoxy) is 2. The predicted molar refractivity (Wildman–Crippen MR) is 132 cm³/mol. The van der Waals surface area contributed by atoms with Gasteiger partial charge in [-0.25, -0.2) is 0 Å². The Hall–Kier alpha value is -4.12. The van der Waals surface area contributed by atoms with Crippen LogP contribution in [0.15, 0.2) is 48.5 Å². The molecule has 34 heavy (non-hydrogen) atoms. The van der Waals surface area contributed by atoms with E-state index in [4.69, 9.17) is 15.2 Å². The Labute approximate surface area is 198 Å². The summed E-state index contributed by atoms with van der Waals surface area (Å²) < 4.78 is 10.9. The topological polar surface area (TPSA) is 141 Å². The van der Waals surface area contributed by atoms with Crippen LogP contribution >= 0.6 is 0 Å². The van der Waals surface area contributed by atoms with Crippen molar-refractivity contribution in [3.05, 3.63) is 64.2 Å². The van der Waals surface area contributed by atoms with Gasteiger partial charge in [0.2, 0.25) is 17.6 Å². The average Bonchev–Trinajstić information content (AvgIpc) is 2.80. The number of likely N-dealkylation sites (N-methyl/N-ethyl adjacent to an activating group) is 1. The predicted octanol–water partition coefficient (Wildman–Crippen LogP) is 3.83. The van der Waals surface area contributed by atoms with Gasteiger partial charge in [-0.3, -0.25) is 10.1 Å². The zero-order valence-electron chi connectivity index (χ0n) is 19.6.